The molecular weight excluding hydrogens is 328 g/mol. The van der Waals surface area contributed by atoms with Crippen molar-refractivity contribution >= 4 is 44.0 Å². The SMILES string of the molecule is NC(N)=N/[NH+]=C/c1cc(Br)c(O)c(Br)c1. The second-order valence-corrected chi connectivity index (χ2v) is 4.35. The van der Waals surface area contributed by atoms with Crippen LogP contribution in [-0.4, -0.2) is 17.3 Å². The van der Waals surface area contributed by atoms with Crippen LogP contribution in [-0.2, 0) is 0 Å². The van der Waals surface area contributed by atoms with Crippen molar-refractivity contribution in [2.45, 2.75) is 0 Å². The molecular formula is C8H9Br2N4O+. The minimum atomic E-state index is -0.0526. The van der Waals surface area contributed by atoms with Gasteiger partial charge in [0.05, 0.1) is 8.95 Å². The normalized spacial score (nSPS) is 10.5. The van der Waals surface area contributed by atoms with Crippen LogP contribution >= 0.6 is 31.9 Å². The fourth-order valence-corrected chi connectivity index (χ4v) is 2.07. The fraction of sp³-hybridized carbons (Fsp3) is 0. The lowest BCUT2D eigenvalue weighted by atomic mass is 10.2. The van der Waals surface area contributed by atoms with Gasteiger partial charge in [-0.25, -0.2) is 0 Å². The molecule has 0 fully saturated rings. The average Bonchev–Trinajstić information content (AvgIpc) is 2.13. The monoisotopic (exact) mass is 335 g/mol. The first kappa shape index (κ1) is 12.0. The molecule has 0 saturated carbocycles. The second kappa shape index (κ2) is 5.13. The molecule has 0 aromatic heterocycles. The molecule has 1 rings (SSSR count). The summed E-state index contributed by atoms with van der Waals surface area (Å²) in [6, 6.07) is 3.44. The number of nitrogens with one attached hydrogen (secondary N) is 1. The number of phenols is 1. The molecule has 1 aromatic carbocycles. The van der Waals surface area contributed by atoms with E-state index in [4.69, 9.17) is 11.5 Å². The highest BCUT2D eigenvalue weighted by atomic mass is 79.9. The van der Waals surface area contributed by atoms with Crippen molar-refractivity contribution in [3.05, 3.63) is 26.6 Å². The zero-order chi connectivity index (χ0) is 11.4. The summed E-state index contributed by atoms with van der Waals surface area (Å²) in [4.78, 5) is 0. The van der Waals surface area contributed by atoms with Crippen molar-refractivity contribution in [1.29, 1.82) is 0 Å². The number of guanidine groups is 1. The third kappa shape index (κ3) is 3.52. The van der Waals surface area contributed by atoms with E-state index in [-0.39, 0.29) is 11.7 Å². The maximum absolute atomic E-state index is 9.45. The van der Waals surface area contributed by atoms with Crippen molar-refractivity contribution < 1.29 is 10.2 Å². The summed E-state index contributed by atoms with van der Waals surface area (Å²) in [6.07, 6.45) is 1.59. The molecule has 0 radical (unpaired) electrons. The van der Waals surface area contributed by atoms with Gasteiger partial charge in [-0.2, -0.15) is 0 Å². The van der Waals surface area contributed by atoms with Gasteiger partial charge in [0.2, 0.25) is 6.21 Å². The minimum absolute atomic E-state index is 0.0526. The van der Waals surface area contributed by atoms with Gasteiger partial charge in [0, 0.05) is 10.7 Å². The Bertz CT molecular complexity index is 404. The first-order chi connectivity index (χ1) is 7.00. The number of nitrogens with two attached hydrogens (primary N) is 2. The smallest absolute Gasteiger partial charge is 0.256 e. The summed E-state index contributed by atoms with van der Waals surface area (Å²) in [6.45, 7) is 0. The number of rotatable bonds is 2. The van der Waals surface area contributed by atoms with Crippen molar-refractivity contribution in [3.63, 3.8) is 0 Å². The summed E-state index contributed by atoms with van der Waals surface area (Å²) in [5, 5.41) is 15.6. The maximum atomic E-state index is 9.45. The number of nitrogens with zero attached hydrogens (tertiary/aromatic N) is 1. The highest BCUT2D eigenvalue weighted by molar-refractivity contribution is 9.11. The number of phenolic OH excluding ortho intramolecular Hbond substituents is 1. The van der Waals surface area contributed by atoms with Crippen molar-refractivity contribution in [1.82, 2.24) is 0 Å². The van der Waals surface area contributed by atoms with Crippen molar-refractivity contribution in [2.24, 2.45) is 16.6 Å². The Kier molecular flexibility index (Phi) is 4.10. The molecule has 7 heteroatoms. The van der Waals surface area contributed by atoms with E-state index in [0.29, 0.717) is 8.95 Å². The molecule has 0 aliphatic carbocycles. The molecule has 0 atom stereocenters. The summed E-state index contributed by atoms with van der Waals surface area (Å²) in [5.74, 6) is 0.0946. The Morgan fingerprint density at radius 1 is 1.33 bits per heavy atom. The van der Waals surface area contributed by atoms with Gasteiger partial charge < -0.3 is 16.6 Å². The van der Waals surface area contributed by atoms with Crippen LogP contribution in [0.3, 0.4) is 0 Å². The van der Waals surface area contributed by atoms with E-state index >= 15 is 0 Å². The zero-order valence-corrected chi connectivity index (χ0v) is 10.7. The molecule has 0 aliphatic heterocycles. The predicted molar refractivity (Wildman–Crippen MR) is 65.4 cm³/mol. The number of benzene rings is 1. The van der Waals surface area contributed by atoms with Crippen LogP contribution in [0.5, 0.6) is 5.75 Å². The van der Waals surface area contributed by atoms with Gasteiger partial charge in [0.15, 0.2) is 0 Å². The van der Waals surface area contributed by atoms with Crippen LogP contribution in [0.25, 0.3) is 0 Å². The van der Waals surface area contributed by atoms with Crippen molar-refractivity contribution in [3.8, 4) is 5.75 Å². The van der Waals surface area contributed by atoms with Crippen LogP contribution in [0.2, 0.25) is 0 Å². The molecule has 80 valence electrons. The molecule has 0 heterocycles. The first-order valence-electron chi connectivity index (χ1n) is 3.86. The Labute approximate surface area is 103 Å². The van der Waals surface area contributed by atoms with Crippen LogP contribution in [0, 0.1) is 0 Å². The third-order valence-electron chi connectivity index (χ3n) is 1.46. The largest absolute Gasteiger partial charge is 0.506 e. The third-order valence-corrected chi connectivity index (χ3v) is 2.67. The number of hydrogen-bond acceptors (Lipinski definition) is 2. The summed E-state index contributed by atoms with van der Waals surface area (Å²) >= 11 is 6.41. The van der Waals surface area contributed by atoms with E-state index in [9.17, 15) is 5.11 Å². The number of halogens is 2. The molecule has 15 heavy (non-hydrogen) atoms. The van der Waals surface area contributed by atoms with E-state index in [1.54, 1.807) is 18.3 Å². The number of aromatic hydroxyl groups is 1. The number of hydrazone groups is 1. The van der Waals surface area contributed by atoms with Crippen molar-refractivity contribution in [2.75, 3.05) is 0 Å². The Hall–Kier alpha value is -1.08. The molecule has 0 bridgehead atoms. The second-order valence-electron chi connectivity index (χ2n) is 2.64. The summed E-state index contributed by atoms with van der Waals surface area (Å²) < 4.78 is 1.16. The van der Waals surface area contributed by atoms with Crippen LogP contribution in [0.1, 0.15) is 5.56 Å². The first-order valence-corrected chi connectivity index (χ1v) is 5.44. The molecule has 0 saturated heterocycles. The number of hydrogen-bond donors (Lipinski definition) is 4. The standard InChI is InChI=1S/C8H8Br2N4O/c9-5-1-4(2-6(10)7(5)15)3-13-14-8(11)12/h1-3,15H,(H4,11,12,14)/p+1/b13-3+. The fourth-order valence-electron chi connectivity index (χ4n) is 0.850. The average molecular weight is 337 g/mol. The van der Waals surface area contributed by atoms with Gasteiger partial charge in [-0.1, -0.05) is 0 Å². The molecule has 0 unspecified atom stereocenters. The highest BCUT2D eigenvalue weighted by Crippen LogP contribution is 2.32. The van der Waals surface area contributed by atoms with Gasteiger partial charge in [0.1, 0.15) is 5.75 Å². The molecule has 1 aromatic rings. The van der Waals surface area contributed by atoms with Crippen LogP contribution in [0.4, 0.5) is 0 Å². The van der Waals surface area contributed by atoms with Gasteiger partial charge in [-0.05, 0) is 44.0 Å². The lowest BCUT2D eigenvalue weighted by molar-refractivity contribution is -0.456. The van der Waals surface area contributed by atoms with E-state index in [2.05, 4.69) is 42.1 Å². The van der Waals surface area contributed by atoms with Crippen LogP contribution in [0.15, 0.2) is 26.2 Å². The summed E-state index contributed by atoms with van der Waals surface area (Å²) in [7, 11) is 0. The lowest BCUT2D eigenvalue weighted by Gasteiger charge is -1.99. The van der Waals surface area contributed by atoms with Gasteiger partial charge in [-0.3, -0.25) is 0 Å². The Morgan fingerprint density at radius 2 is 1.87 bits per heavy atom. The lowest BCUT2D eigenvalue weighted by Crippen LogP contribution is -2.63. The zero-order valence-electron chi connectivity index (χ0n) is 7.54. The quantitative estimate of drug-likeness (QED) is 0.336. The van der Waals surface area contributed by atoms with Gasteiger partial charge in [-0.15, -0.1) is 5.10 Å². The van der Waals surface area contributed by atoms with E-state index < -0.39 is 0 Å². The minimum Gasteiger partial charge on any atom is -0.506 e. The Morgan fingerprint density at radius 3 is 2.33 bits per heavy atom. The topological polar surface area (TPSA) is 98.6 Å². The van der Waals surface area contributed by atoms with E-state index in [1.165, 1.54) is 0 Å². The molecule has 0 spiro atoms. The van der Waals surface area contributed by atoms with Crippen LogP contribution < -0.4 is 16.6 Å². The van der Waals surface area contributed by atoms with Gasteiger partial charge >= 0.3 is 0 Å². The Balaban J connectivity index is 2.98. The predicted octanol–water partition coefficient (Wildman–Crippen LogP) is -0.395. The van der Waals surface area contributed by atoms with Gasteiger partial charge in [0.25, 0.3) is 5.96 Å². The molecule has 0 aliphatic rings. The van der Waals surface area contributed by atoms with E-state index in [1.807, 2.05) is 0 Å². The molecule has 0 amide bonds. The van der Waals surface area contributed by atoms with E-state index in [0.717, 1.165) is 5.56 Å². The molecule has 6 N–H and O–H groups in total. The highest BCUT2D eigenvalue weighted by Gasteiger charge is 2.05. The molecule has 5 nitrogen and oxygen atoms in total. The maximum Gasteiger partial charge on any atom is 0.256 e. The summed E-state index contributed by atoms with van der Waals surface area (Å²) in [5.41, 5.74) is 11.1.